The van der Waals surface area contributed by atoms with Gasteiger partial charge in [0.15, 0.2) is 0 Å². The second-order valence-electron chi connectivity index (χ2n) is 3.81. The molecule has 1 aromatic rings. The lowest BCUT2D eigenvalue weighted by Gasteiger charge is -2.09. The van der Waals surface area contributed by atoms with Crippen molar-refractivity contribution in [1.82, 2.24) is 5.32 Å². The summed E-state index contributed by atoms with van der Waals surface area (Å²) >= 11 is 5.80. The molecule has 0 amide bonds. The Balaban J connectivity index is 0.000000232. The average molecular weight is 272 g/mol. The molecule has 1 unspecified atom stereocenters. The molecule has 1 fully saturated rings. The van der Waals surface area contributed by atoms with Gasteiger partial charge in [-0.2, -0.15) is 0 Å². The zero-order valence-electron chi connectivity index (χ0n) is 9.60. The van der Waals surface area contributed by atoms with Crippen LogP contribution in [0.15, 0.2) is 24.3 Å². The highest BCUT2D eigenvalue weighted by molar-refractivity contribution is 6.30. The van der Waals surface area contributed by atoms with E-state index in [2.05, 4.69) is 17.4 Å². The Bertz CT molecular complexity index is 401. The number of carbonyl (C=O) groups is 2. The average Bonchev–Trinajstić information content (AvgIpc) is 2.84. The molecule has 1 atom stereocenters. The van der Waals surface area contributed by atoms with Gasteiger partial charge in [-0.05, 0) is 37.1 Å². The third-order valence-electron chi connectivity index (χ3n) is 2.52. The molecule has 5 nitrogen and oxygen atoms in total. The number of hydrogen-bond acceptors (Lipinski definition) is 3. The molecule has 1 aliphatic rings. The van der Waals surface area contributed by atoms with Gasteiger partial charge in [0.2, 0.25) is 0 Å². The molecular formula is C12H14ClNO4. The molecule has 6 heteroatoms. The van der Waals surface area contributed by atoms with E-state index in [1.807, 2.05) is 12.1 Å². The largest absolute Gasteiger partial charge is 0.473 e. The van der Waals surface area contributed by atoms with Crippen molar-refractivity contribution in [2.24, 2.45) is 0 Å². The first-order chi connectivity index (χ1) is 8.50. The summed E-state index contributed by atoms with van der Waals surface area (Å²) in [6.45, 7) is 1.15. The third-order valence-corrected chi connectivity index (χ3v) is 2.77. The number of carboxylic acid groups (broad SMARTS) is 2. The number of carboxylic acids is 2. The van der Waals surface area contributed by atoms with Crippen LogP contribution in [0.1, 0.15) is 24.4 Å². The fourth-order valence-corrected chi connectivity index (χ4v) is 1.79. The zero-order chi connectivity index (χ0) is 13.5. The van der Waals surface area contributed by atoms with Gasteiger partial charge in [-0.1, -0.05) is 23.7 Å². The molecular weight excluding hydrogens is 258 g/mol. The Morgan fingerprint density at radius 1 is 1.17 bits per heavy atom. The van der Waals surface area contributed by atoms with Gasteiger partial charge in [-0.3, -0.25) is 0 Å². The van der Waals surface area contributed by atoms with Crippen LogP contribution in [0.2, 0.25) is 5.02 Å². The number of hydrogen-bond donors (Lipinski definition) is 3. The van der Waals surface area contributed by atoms with Crippen LogP contribution >= 0.6 is 11.6 Å². The normalized spacial score (nSPS) is 17.7. The molecule has 1 aromatic carbocycles. The molecule has 1 saturated heterocycles. The molecule has 0 aromatic heterocycles. The minimum atomic E-state index is -1.82. The topological polar surface area (TPSA) is 86.6 Å². The number of aliphatic carboxylic acids is 2. The first-order valence-corrected chi connectivity index (χ1v) is 5.83. The van der Waals surface area contributed by atoms with E-state index in [1.165, 1.54) is 18.4 Å². The van der Waals surface area contributed by atoms with Gasteiger partial charge in [0, 0.05) is 11.1 Å². The molecule has 98 valence electrons. The van der Waals surface area contributed by atoms with Crippen LogP contribution in [0.25, 0.3) is 0 Å². The molecule has 0 spiro atoms. The van der Waals surface area contributed by atoms with Crippen molar-refractivity contribution < 1.29 is 19.8 Å². The Morgan fingerprint density at radius 3 is 2.11 bits per heavy atom. The number of benzene rings is 1. The molecule has 0 aliphatic carbocycles. The summed E-state index contributed by atoms with van der Waals surface area (Å²) in [6.07, 6.45) is 2.54. The van der Waals surface area contributed by atoms with Crippen molar-refractivity contribution in [3.8, 4) is 0 Å². The van der Waals surface area contributed by atoms with Gasteiger partial charge in [0.1, 0.15) is 0 Å². The summed E-state index contributed by atoms with van der Waals surface area (Å²) in [6, 6.07) is 8.67. The lowest BCUT2D eigenvalue weighted by molar-refractivity contribution is -0.159. The van der Waals surface area contributed by atoms with Crippen LogP contribution < -0.4 is 5.32 Å². The van der Waals surface area contributed by atoms with Gasteiger partial charge in [0.05, 0.1) is 0 Å². The van der Waals surface area contributed by atoms with Gasteiger partial charge in [0.25, 0.3) is 0 Å². The maximum atomic E-state index is 9.10. The Morgan fingerprint density at radius 2 is 1.72 bits per heavy atom. The van der Waals surface area contributed by atoms with Crippen molar-refractivity contribution in [2.45, 2.75) is 18.9 Å². The van der Waals surface area contributed by atoms with Crippen molar-refractivity contribution in [3.05, 3.63) is 34.9 Å². The van der Waals surface area contributed by atoms with E-state index >= 15 is 0 Å². The summed E-state index contributed by atoms with van der Waals surface area (Å²) in [5.41, 5.74) is 1.36. The van der Waals surface area contributed by atoms with E-state index in [4.69, 9.17) is 31.4 Å². The second kappa shape index (κ2) is 6.98. The van der Waals surface area contributed by atoms with Crippen molar-refractivity contribution in [3.63, 3.8) is 0 Å². The smallest absolute Gasteiger partial charge is 0.414 e. The molecule has 0 radical (unpaired) electrons. The molecule has 0 saturated carbocycles. The first kappa shape index (κ1) is 14.5. The van der Waals surface area contributed by atoms with E-state index in [1.54, 1.807) is 0 Å². The van der Waals surface area contributed by atoms with Crippen LogP contribution in [0.5, 0.6) is 0 Å². The maximum Gasteiger partial charge on any atom is 0.414 e. The highest BCUT2D eigenvalue weighted by Gasteiger charge is 2.15. The summed E-state index contributed by atoms with van der Waals surface area (Å²) in [5.74, 6) is -3.65. The van der Waals surface area contributed by atoms with Crippen molar-refractivity contribution in [1.29, 1.82) is 0 Å². The first-order valence-electron chi connectivity index (χ1n) is 5.45. The fraction of sp³-hybridized carbons (Fsp3) is 0.333. The van der Waals surface area contributed by atoms with E-state index in [0.29, 0.717) is 6.04 Å². The number of nitrogens with one attached hydrogen (secondary N) is 1. The minimum absolute atomic E-state index is 0.558. The van der Waals surface area contributed by atoms with Crippen LogP contribution in [-0.4, -0.2) is 28.7 Å². The zero-order valence-corrected chi connectivity index (χ0v) is 10.4. The van der Waals surface area contributed by atoms with Gasteiger partial charge in [-0.25, -0.2) is 9.59 Å². The van der Waals surface area contributed by atoms with Gasteiger partial charge in [-0.15, -0.1) is 0 Å². The molecule has 18 heavy (non-hydrogen) atoms. The van der Waals surface area contributed by atoms with Crippen LogP contribution in [0.4, 0.5) is 0 Å². The van der Waals surface area contributed by atoms with Crippen molar-refractivity contribution in [2.75, 3.05) is 6.54 Å². The number of halogens is 1. The molecule has 1 aliphatic heterocycles. The van der Waals surface area contributed by atoms with Crippen molar-refractivity contribution >= 4 is 23.5 Å². The summed E-state index contributed by atoms with van der Waals surface area (Å²) in [4.78, 5) is 18.2. The van der Waals surface area contributed by atoms with E-state index in [9.17, 15) is 0 Å². The van der Waals surface area contributed by atoms with Crippen LogP contribution in [-0.2, 0) is 9.59 Å². The van der Waals surface area contributed by atoms with E-state index < -0.39 is 11.9 Å². The van der Waals surface area contributed by atoms with Gasteiger partial charge >= 0.3 is 11.9 Å². The quantitative estimate of drug-likeness (QED) is 0.679. The third kappa shape index (κ3) is 4.73. The molecule has 0 bridgehead atoms. The summed E-state index contributed by atoms with van der Waals surface area (Å²) in [7, 11) is 0. The van der Waals surface area contributed by atoms with Crippen LogP contribution in [0, 0.1) is 0 Å². The summed E-state index contributed by atoms with van der Waals surface area (Å²) in [5, 5.41) is 19.0. The van der Waals surface area contributed by atoms with Gasteiger partial charge < -0.3 is 15.5 Å². The SMILES string of the molecule is Clc1ccc(C2CCCN2)cc1.O=C(O)C(=O)O. The van der Waals surface area contributed by atoms with E-state index in [-0.39, 0.29) is 0 Å². The molecule has 3 N–H and O–H groups in total. The minimum Gasteiger partial charge on any atom is -0.473 e. The second-order valence-corrected chi connectivity index (χ2v) is 4.25. The Labute approximate surface area is 109 Å². The van der Waals surface area contributed by atoms with E-state index in [0.717, 1.165) is 11.6 Å². The maximum absolute atomic E-state index is 9.10. The molecule has 1 heterocycles. The Kier molecular flexibility index (Phi) is 5.61. The fourth-order valence-electron chi connectivity index (χ4n) is 1.66. The number of rotatable bonds is 1. The highest BCUT2D eigenvalue weighted by atomic mass is 35.5. The van der Waals surface area contributed by atoms with Crippen LogP contribution in [0.3, 0.4) is 0 Å². The molecule has 2 rings (SSSR count). The highest BCUT2D eigenvalue weighted by Crippen LogP contribution is 2.23. The predicted octanol–water partition coefficient (Wildman–Crippen LogP) is 1.92. The summed E-state index contributed by atoms with van der Waals surface area (Å²) < 4.78 is 0. The predicted molar refractivity (Wildman–Crippen MR) is 66.7 cm³/mol. The Hall–Kier alpha value is -1.59. The lowest BCUT2D eigenvalue weighted by atomic mass is 10.1. The lowest BCUT2D eigenvalue weighted by Crippen LogP contribution is -2.12. The monoisotopic (exact) mass is 271 g/mol. The standard InChI is InChI=1S/C10H12ClN.C2H2O4/c11-9-5-3-8(4-6-9)10-2-1-7-12-10;3-1(4)2(5)6/h3-6,10,12H,1-2,7H2;(H,3,4)(H,5,6).